The fourth-order valence-corrected chi connectivity index (χ4v) is 2.24. The van der Waals surface area contributed by atoms with Gasteiger partial charge in [0.2, 0.25) is 0 Å². The molecular weight excluding hydrogens is 234 g/mol. The van der Waals surface area contributed by atoms with E-state index in [4.69, 9.17) is 9.47 Å². The molecule has 0 atom stereocenters. The highest BCUT2D eigenvalue weighted by atomic mass is 16.5. The zero-order valence-electron chi connectivity index (χ0n) is 11.6. The third-order valence-electron chi connectivity index (χ3n) is 3.40. The van der Waals surface area contributed by atoms with Crippen molar-refractivity contribution < 1.29 is 19.4 Å². The first-order valence-corrected chi connectivity index (χ1v) is 6.57. The monoisotopic (exact) mass is 259 g/mol. The molecule has 1 rings (SSSR count). The van der Waals surface area contributed by atoms with Crippen LogP contribution in [0, 0.1) is 5.41 Å². The van der Waals surface area contributed by atoms with E-state index in [2.05, 4.69) is 0 Å². The fourth-order valence-electron chi connectivity index (χ4n) is 2.24. The molecule has 1 aliphatic rings. The Morgan fingerprint density at radius 3 is 2.56 bits per heavy atom. The van der Waals surface area contributed by atoms with Crippen LogP contribution in [-0.2, 0) is 14.3 Å². The lowest BCUT2D eigenvalue weighted by atomic mass is 9.80. The van der Waals surface area contributed by atoms with Gasteiger partial charge in [-0.2, -0.15) is 0 Å². The van der Waals surface area contributed by atoms with Gasteiger partial charge in [-0.25, -0.2) is 0 Å². The molecule has 1 heterocycles. The van der Waals surface area contributed by atoms with Gasteiger partial charge in [0.25, 0.3) is 0 Å². The fraction of sp³-hybridized carbons (Fsp3) is 0.923. The van der Waals surface area contributed by atoms with Crippen molar-refractivity contribution in [2.24, 2.45) is 5.41 Å². The van der Waals surface area contributed by atoms with Crippen molar-refractivity contribution >= 4 is 5.97 Å². The highest BCUT2D eigenvalue weighted by Crippen LogP contribution is 2.31. The zero-order chi connectivity index (χ0) is 13.6. The minimum atomic E-state index is -0.706. The SMILES string of the molecule is CC(C)OCCN(C)CC1(C(=O)O)CCOCC1. The van der Waals surface area contributed by atoms with Gasteiger partial charge in [-0.1, -0.05) is 0 Å². The summed E-state index contributed by atoms with van der Waals surface area (Å²) in [5, 5.41) is 9.44. The van der Waals surface area contributed by atoms with Gasteiger partial charge in [0.1, 0.15) is 0 Å². The van der Waals surface area contributed by atoms with Crippen LogP contribution in [-0.4, -0.2) is 62.0 Å². The van der Waals surface area contributed by atoms with E-state index < -0.39 is 11.4 Å². The molecular formula is C13H25NO4. The maximum Gasteiger partial charge on any atom is 0.311 e. The van der Waals surface area contributed by atoms with Gasteiger partial charge in [-0.3, -0.25) is 4.79 Å². The number of carboxylic acid groups (broad SMARTS) is 1. The molecule has 0 spiro atoms. The summed E-state index contributed by atoms with van der Waals surface area (Å²) in [6.45, 7) is 7.04. The lowest BCUT2D eigenvalue weighted by Gasteiger charge is -2.36. The highest BCUT2D eigenvalue weighted by Gasteiger charge is 2.40. The van der Waals surface area contributed by atoms with E-state index in [0.717, 1.165) is 6.54 Å². The molecule has 1 fully saturated rings. The first-order chi connectivity index (χ1) is 8.46. The normalized spacial score (nSPS) is 19.4. The van der Waals surface area contributed by atoms with E-state index in [1.165, 1.54) is 0 Å². The number of rotatable bonds is 7. The molecule has 5 heteroatoms. The highest BCUT2D eigenvalue weighted by molar-refractivity contribution is 5.75. The predicted octanol–water partition coefficient (Wildman–Crippen LogP) is 1.22. The van der Waals surface area contributed by atoms with E-state index in [1.54, 1.807) is 0 Å². The van der Waals surface area contributed by atoms with Gasteiger partial charge in [0.15, 0.2) is 0 Å². The van der Waals surface area contributed by atoms with Gasteiger partial charge in [-0.15, -0.1) is 0 Å². The van der Waals surface area contributed by atoms with Crippen molar-refractivity contribution in [2.45, 2.75) is 32.8 Å². The number of likely N-dealkylation sites (N-methyl/N-ethyl adjacent to an activating group) is 1. The van der Waals surface area contributed by atoms with Gasteiger partial charge in [0, 0.05) is 26.3 Å². The number of hydrogen-bond acceptors (Lipinski definition) is 4. The zero-order valence-corrected chi connectivity index (χ0v) is 11.6. The van der Waals surface area contributed by atoms with Crippen LogP contribution in [0.3, 0.4) is 0 Å². The molecule has 0 aliphatic carbocycles. The molecule has 0 radical (unpaired) electrons. The Kier molecular flexibility index (Phi) is 6.05. The Labute approximate surface area is 109 Å². The molecule has 0 amide bonds. The second-order valence-electron chi connectivity index (χ2n) is 5.36. The lowest BCUT2D eigenvalue weighted by molar-refractivity contribution is -0.156. The second kappa shape index (κ2) is 7.07. The van der Waals surface area contributed by atoms with Crippen LogP contribution in [0.15, 0.2) is 0 Å². The summed E-state index contributed by atoms with van der Waals surface area (Å²) in [5.74, 6) is -0.706. The van der Waals surface area contributed by atoms with Crippen molar-refractivity contribution in [3.05, 3.63) is 0 Å². The average molecular weight is 259 g/mol. The van der Waals surface area contributed by atoms with Gasteiger partial charge in [-0.05, 0) is 33.7 Å². The molecule has 1 aliphatic heterocycles. The summed E-state index contributed by atoms with van der Waals surface area (Å²) in [5.41, 5.74) is -0.648. The van der Waals surface area contributed by atoms with Crippen LogP contribution in [0.5, 0.6) is 0 Å². The van der Waals surface area contributed by atoms with Crippen molar-refractivity contribution in [3.63, 3.8) is 0 Å². The Bertz CT molecular complexity index is 262. The summed E-state index contributed by atoms with van der Waals surface area (Å²) < 4.78 is 10.7. The van der Waals surface area contributed by atoms with Crippen LogP contribution in [0.4, 0.5) is 0 Å². The average Bonchev–Trinajstić information content (AvgIpc) is 2.29. The standard InChI is InChI=1S/C13H25NO4/c1-11(2)18-9-6-14(3)10-13(12(15)16)4-7-17-8-5-13/h11H,4-10H2,1-3H3,(H,15,16). The molecule has 0 aromatic heterocycles. The van der Waals surface area contributed by atoms with Gasteiger partial charge in [0.05, 0.1) is 18.1 Å². The molecule has 5 nitrogen and oxygen atoms in total. The molecule has 18 heavy (non-hydrogen) atoms. The molecule has 0 aromatic rings. The Morgan fingerprint density at radius 2 is 2.06 bits per heavy atom. The van der Waals surface area contributed by atoms with Crippen LogP contribution < -0.4 is 0 Å². The third kappa shape index (κ3) is 4.55. The molecule has 0 aromatic carbocycles. The summed E-state index contributed by atoms with van der Waals surface area (Å²) >= 11 is 0. The van der Waals surface area contributed by atoms with Crippen molar-refractivity contribution in [1.29, 1.82) is 0 Å². The number of hydrogen-bond donors (Lipinski definition) is 1. The largest absolute Gasteiger partial charge is 0.481 e. The van der Waals surface area contributed by atoms with E-state index in [-0.39, 0.29) is 6.10 Å². The van der Waals surface area contributed by atoms with Crippen molar-refractivity contribution in [2.75, 3.05) is 40.0 Å². The molecule has 0 bridgehead atoms. The predicted molar refractivity (Wildman–Crippen MR) is 68.7 cm³/mol. The number of aliphatic carboxylic acids is 1. The van der Waals surface area contributed by atoms with Crippen LogP contribution in [0.25, 0.3) is 0 Å². The molecule has 0 saturated carbocycles. The van der Waals surface area contributed by atoms with E-state index >= 15 is 0 Å². The summed E-state index contributed by atoms with van der Waals surface area (Å²) in [7, 11) is 1.95. The van der Waals surface area contributed by atoms with Crippen LogP contribution >= 0.6 is 0 Å². The van der Waals surface area contributed by atoms with Gasteiger partial charge >= 0.3 is 5.97 Å². The lowest BCUT2D eigenvalue weighted by Crippen LogP contribution is -2.46. The smallest absolute Gasteiger partial charge is 0.311 e. The minimum absolute atomic E-state index is 0.218. The molecule has 1 saturated heterocycles. The Balaban J connectivity index is 2.43. The minimum Gasteiger partial charge on any atom is -0.481 e. The number of nitrogens with zero attached hydrogens (tertiary/aromatic N) is 1. The molecule has 106 valence electrons. The first kappa shape index (κ1) is 15.4. The summed E-state index contributed by atoms with van der Waals surface area (Å²) in [6, 6.07) is 0. The van der Waals surface area contributed by atoms with Crippen LogP contribution in [0.1, 0.15) is 26.7 Å². The first-order valence-electron chi connectivity index (χ1n) is 6.57. The maximum absolute atomic E-state index is 11.5. The molecule has 0 unspecified atom stereocenters. The van der Waals surface area contributed by atoms with Gasteiger partial charge < -0.3 is 19.5 Å². The van der Waals surface area contributed by atoms with E-state index in [1.807, 2.05) is 25.8 Å². The number of carbonyl (C=O) groups is 1. The van der Waals surface area contributed by atoms with E-state index in [0.29, 0.717) is 39.2 Å². The second-order valence-corrected chi connectivity index (χ2v) is 5.36. The van der Waals surface area contributed by atoms with Crippen molar-refractivity contribution in [3.8, 4) is 0 Å². The quantitative estimate of drug-likeness (QED) is 0.745. The summed E-state index contributed by atoms with van der Waals surface area (Å²) in [4.78, 5) is 13.5. The third-order valence-corrected chi connectivity index (χ3v) is 3.40. The van der Waals surface area contributed by atoms with Crippen LogP contribution in [0.2, 0.25) is 0 Å². The number of ether oxygens (including phenoxy) is 2. The van der Waals surface area contributed by atoms with Crippen molar-refractivity contribution in [1.82, 2.24) is 4.90 Å². The Morgan fingerprint density at radius 1 is 1.44 bits per heavy atom. The molecule has 1 N–H and O–H groups in total. The number of carboxylic acids is 1. The summed E-state index contributed by atoms with van der Waals surface area (Å²) in [6.07, 6.45) is 1.41. The Hall–Kier alpha value is -0.650. The van der Waals surface area contributed by atoms with E-state index in [9.17, 15) is 9.90 Å². The topological polar surface area (TPSA) is 59.0 Å². The maximum atomic E-state index is 11.5.